The summed E-state index contributed by atoms with van der Waals surface area (Å²) in [6, 6.07) is 2.09. The molecule has 24 heavy (non-hydrogen) atoms. The van der Waals surface area contributed by atoms with Crippen molar-refractivity contribution in [2.24, 2.45) is 5.92 Å². The average molecular weight is 330 g/mol. The third-order valence-electron chi connectivity index (χ3n) is 4.92. The molecule has 0 radical (unpaired) electrons. The van der Waals surface area contributed by atoms with Crippen LogP contribution in [0.2, 0.25) is 0 Å². The van der Waals surface area contributed by atoms with Gasteiger partial charge in [0.15, 0.2) is 0 Å². The minimum atomic E-state index is 0.0992. The Bertz CT molecular complexity index is 622. The van der Waals surface area contributed by atoms with Gasteiger partial charge < -0.3 is 5.32 Å². The molecule has 130 valence electrons. The number of nitrogens with one attached hydrogen (secondary N) is 1. The van der Waals surface area contributed by atoms with Crippen LogP contribution >= 0.6 is 0 Å². The van der Waals surface area contributed by atoms with Gasteiger partial charge in [-0.15, -0.1) is 0 Å². The summed E-state index contributed by atoms with van der Waals surface area (Å²) < 4.78 is 1.89. The highest BCUT2D eigenvalue weighted by atomic mass is 16.2. The number of carbonyl (C=O) groups excluding carboxylic acids is 2. The van der Waals surface area contributed by atoms with Crippen LogP contribution in [0.1, 0.15) is 45.4 Å². The van der Waals surface area contributed by atoms with E-state index in [-0.39, 0.29) is 23.8 Å². The Morgan fingerprint density at radius 2 is 2.21 bits per heavy atom. The molecule has 0 spiro atoms. The van der Waals surface area contributed by atoms with Crippen LogP contribution in [-0.2, 0) is 16.1 Å². The second-order valence-corrected chi connectivity index (χ2v) is 6.69. The van der Waals surface area contributed by atoms with Crippen molar-refractivity contribution in [3.8, 4) is 0 Å². The molecule has 2 aliphatic rings. The SMILES string of the molecule is CC1CCn2nccc2N1C(=O)CCCNC(=O)C1CC=CCC1. The zero-order chi connectivity index (χ0) is 16.9. The van der Waals surface area contributed by atoms with Crippen molar-refractivity contribution in [1.82, 2.24) is 15.1 Å². The largest absolute Gasteiger partial charge is 0.356 e. The van der Waals surface area contributed by atoms with Crippen molar-refractivity contribution in [2.45, 2.75) is 58.0 Å². The number of hydrogen-bond donors (Lipinski definition) is 1. The molecule has 0 bridgehead atoms. The fourth-order valence-corrected chi connectivity index (χ4v) is 3.49. The van der Waals surface area contributed by atoms with Gasteiger partial charge in [-0.25, -0.2) is 4.68 Å². The quantitative estimate of drug-likeness (QED) is 0.665. The molecular weight excluding hydrogens is 304 g/mol. The molecule has 1 aliphatic heterocycles. The molecule has 0 fully saturated rings. The van der Waals surface area contributed by atoms with Crippen molar-refractivity contribution in [3.63, 3.8) is 0 Å². The maximum Gasteiger partial charge on any atom is 0.228 e. The van der Waals surface area contributed by atoms with Gasteiger partial charge in [0, 0.05) is 37.5 Å². The van der Waals surface area contributed by atoms with E-state index >= 15 is 0 Å². The summed E-state index contributed by atoms with van der Waals surface area (Å²) in [7, 11) is 0. The summed E-state index contributed by atoms with van der Waals surface area (Å²) in [5.41, 5.74) is 0. The second kappa shape index (κ2) is 7.64. The number of amides is 2. The van der Waals surface area contributed by atoms with Crippen molar-refractivity contribution < 1.29 is 9.59 Å². The molecule has 2 amide bonds. The molecule has 6 nitrogen and oxygen atoms in total. The number of anilines is 1. The highest BCUT2D eigenvalue weighted by Gasteiger charge is 2.28. The number of aromatic nitrogens is 2. The summed E-state index contributed by atoms with van der Waals surface area (Å²) in [6.45, 7) is 3.50. The summed E-state index contributed by atoms with van der Waals surface area (Å²) in [5.74, 6) is 1.22. The zero-order valence-electron chi connectivity index (χ0n) is 14.3. The van der Waals surface area contributed by atoms with E-state index in [9.17, 15) is 9.59 Å². The Balaban J connectivity index is 1.45. The van der Waals surface area contributed by atoms with Gasteiger partial charge in [0.05, 0.1) is 6.20 Å². The van der Waals surface area contributed by atoms with Gasteiger partial charge in [-0.3, -0.25) is 14.5 Å². The van der Waals surface area contributed by atoms with Crippen LogP contribution < -0.4 is 10.2 Å². The predicted molar refractivity (Wildman–Crippen MR) is 92.5 cm³/mol. The fourth-order valence-electron chi connectivity index (χ4n) is 3.49. The topological polar surface area (TPSA) is 67.2 Å². The molecule has 0 saturated carbocycles. The molecule has 0 aromatic carbocycles. The molecular formula is C18H26N4O2. The van der Waals surface area contributed by atoms with E-state index in [1.807, 2.05) is 15.6 Å². The van der Waals surface area contributed by atoms with Crippen LogP contribution in [-0.4, -0.2) is 34.2 Å². The first-order valence-electron chi connectivity index (χ1n) is 8.93. The highest BCUT2D eigenvalue weighted by Crippen LogP contribution is 2.25. The van der Waals surface area contributed by atoms with E-state index in [4.69, 9.17) is 0 Å². The lowest BCUT2D eigenvalue weighted by Gasteiger charge is -2.33. The Hall–Kier alpha value is -2.11. The maximum atomic E-state index is 12.6. The van der Waals surface area contributed by atoms with E-state index in [2.05, 4.69) is 29.5 Å². The molecule has 2 atom stereocenters. The van der Waals surface area contributed by atoms with Crippen molar-refractivity contribution in [3.05, 3.63) is 24.4 Å². The number of aryl methyl sites for hydroxylation is 1. The Labute approximate surface area is 142 Å². The monoisotopic (exact) mass is 330 g/mol. The van der Waals surface area contributed by atoms with Gasteiger partial charge in [-0.2, -0.15) is 5.10 Å². The second-order valence-electron chi connectivity index (χ2n) is 6.69. The van der Waals surface area contributed by atoms with E-state index < -0.39 is 0 Å². The normalized spacial score (nSPS) is 23.0. The van der Waals surface area contributed by atoms with Crippen LogP contribution in [0.3, 0.4) is 0 Å². The van der Waals surface area contributed by atoms with Crippen LogP contribution in [0.25, 0.3) is 0 Å². The van der Waals surface area contributed by atoms with Gasteiger partial charge in [-0.05, 0) is 39.0 Å². The van der Waals surface area contributed by atoms with Gasteiger partial charge in [-0.1, -0.05) is 12.2 Å². The van der Waals surface area contributed by atoms with E-state index in [1.165, 1.54) is 0 Å². The third kappa shape index (κ3) is 3.68. The van der Waals surface area contributed by atoms with Gasteiger partial charge in [0.25, 0.3) is 0 Å². The number of rotatable bonds is 5. The van der Waals surface area contributed by atoms with Crippen molar-refractivity contribution >= 4 is 17.6 Å². The lowest BCUT2D eigenvalue weighted by atomic mass is 9.94. The zero-order valence-corrected chi connectivity index (χ0v) is 14.3. The summed E-state index contributed by atoms with van der Waals surface area (Å²) in [4.78, 5) is 26.5. The Kier molecular flexibility index (Phi) is 5.33. The molecule has 3 rings (SSSR count). The minimum Gasteiger partial charge on any atom is -0.356 e. The molecule has 1 N–H and O–H groups in total. The van der Waals surface area contributed by atoms with Gasteiger partial charge >= 0.3 is 0 Å². The van der Waals surface area contributed by atoms with Gasteiger partial charge in [0.2, 0.25) is 11.8 Å². The van der Waals surface area contributed by atoms with Crippen LogP contribution in [0.15, 0.2) is 24.4 Å². The summed E-state index contributed by atoms with van der Waals surface area (Å²) in [5, 5.41) is 7.23. The average Bonchev–Trinajstić information content (AvgIpc) is 3.07. The first-order valence-corrected chi connectivity index (χ1v) is 8.93. The van der Waals surface area contributed by atoms with E-state index in [0.717, 1.165) is 38.0 Å². The first-order chi connectivity index (χ1) is 11.7. The van der Waals surface area contributed by atoms with E-state index in [0.29, 0.717) is 19.4 Å². The highest BCUT2D eigenvalue weighted by molar-refractivity contribution is 5.93. The lowest BCUT2D eigenvalue weighted by Crippen LogP contribution is -2.44. The number of hydrogen-bond acceptors (Lipinski definition) is 3. The molecule has 0 saturated heterocycles. The van der Waals surface area contributed by atoms with E-state index in [1.54, 1.807) is 6.20 Å². The molecule has 6 heteroatoms. The molecule has 2 heterocycles. The molecule has 1 aromatic rings. The molecule has 1 aliphatic carbocycles. The molecule has 2 unspecified atom stereocenters. The van der Waals surface area contributed by atoms with Crippen LogP contribution in [0, 0.1) is 5.92 Å². The maximum absolute atomic E-state index is 12.6. The first kappa shape index (κ1) is 16.7. The summed E-state index contributed by atoms with van der Waals surface area (Å²) >= 11 is 0. The Morgan fingerprint density at radius 3 is 3.00 bits per heavy atom. The fraction of sp³-hybridized carbons (Fsp3) is 0.611. The number of allylic oxidation sites excluding steroid dienone is 2. The number of fused-ring (bicyclic) bond motifs is 1. The molecule has 1 aromatic heterocycles. The Morgan fingerprint density at radius 1 is 1.33 bits per heavy atom. The van der Waals surface area contributed by atoms with Crippen LogP contribution in [0.5, 0.6) is 0 Å². The number of carbonyl (C=O) groups is 2. The van der Waals surface area contributed by atoms with Crippen molar-refractivity contribution in [2.75, 3.05) is 11.4 Å². The lowest BCUT2D eigenvalue weighted by molar-refractivity contribution is -0.125. The standard InChI is InChI=1S/C18H26N4O2/c1-14-10-13-21-16(9-12-20-21)22(14)17(23)8-5-11-19-18(24)15-6-3-2-4-7-15/h2-3,9,12,14-15H,4-8,10-11,13H2,1H3,(H,19,24). The summed E-state index contributed by atoms with van der Waals surface area (Å²) in [6.07, 6.45) is 10.7. The van der Waals surface area contributed by atoms with Gasteiger partial charge in [0.1, 0.15) is 5.82 Å². The smallest absolute Gasteiger partial charge is 0.228 e. The number of nitrogens with zero attached hydrogens (tertiary/aromatic N) is 3. The predicted octanol–water partition coefficient (Wildman–Crippen LogP) is 2.26. The third-order valence-corrected chi connectivity index (χ3v) is 4.92. The van der Waals surface area contributed by atoms with Crippen LogP contribution in [0.4, 0.5) is 5.82 Å². The minimum absolute atomic E-state index is 0.0992. The van der Waals surface area contributed by atoms with Crippen molar-refractivity contribution in [1.29, 1.82) is 0 Å².